The summed E-state index contributed by atoms with van der Waals surface area (Å²) in [6, 6.07) is 8.16. The third-order valence-electron chi connectivity index (χ3n) is 4.11. The predicted molar refractivity (Wildman–Crippen MR) is 86.4 cm³/mol. The molecule has 1 amide bonds. The van der Waals surface area contributed by atoms with Crippen molar-refractivity contribution in [3.05, 3.63) is 40.5 Å². The van der Waals surface area contributed by atoms with E-state index in [2.05, 4.69) is 16.0 Å². The van der Waals surface area contributed by atoms with Crippen LogP contribution in [-0.4, -0.2) is 52.2 Å². The Morgan fingerprint density at radius 1 is 1.32 bits per heavy atom. The van der Waals surface area contributed by atoms with E-state index in [-0.39, 0.29) is 0 Å². The first-order valence-electron chi connectivity index (χ1n) is 7.29. The molecule has 3 rings (SSSR count). The van der Waals surface area contributed by atoms with Gasteiger partial charge < -0.3 is 10.0 Å². The lowest BCUT2D eigenvalue weighted by molar-refractivity contribution is 0.103. The summed E-state index contributed by atoms with van der Waals surface area (Å²) in [5.74, 6) is 0. The number of halogens is 1. The van der Waals surface area contributed by atoms with E-state index in [9.17, 15) is 4.79 Å². The van der Waals surface area contributed by atoms with E-state index in [0.29, 0.717) is 37.9 Å². The topological polar surface area (TPSA) is 56.7 Å². The quantitative estimate of drug-likeness (QED) is 0.865. The first-order valence-corrected chi connectivity index (χ1v) is 7.67. The van der Waals surface area contributed by atoms with Crippen molar-refractivity contribution >= 4 is 28.6 Å². The number of rotatable bonds is 2. The second kappa shape index (κ2) is 6.10. The summed E-state index contributed by atoms with van der Waals surface area (Å²) in [5, 5.41) is 10.6. The van der Waals surface area contributed by atoms with Crippen molar-refractivity contribution in [3.8, 4) is 0 Å². The standard InChI is InChI=1S/C16H18ClN3O2/c1-11-3-2-4-12-9-13(15(17)18-14(11)12)10-19-5-7-20(8-6-19)16(21)22/h2-4,9H,5-8,10H2,1H3,(H,21,22). The highest BCUT2D eigenvalue weighted by Gasteiger charge is 2.21. The maximum atomic E-state index is 10.9. The Hall–Kier alpha value is -1.85. The molecule has 1 aliphatic heterocycles. The molecule has 0 aliphatic carbocycles. The summed E-state index contributed by atoms with van der Waals surface area (Å²) in [5.41, 5.74) is 3.04. The number of amides is 1. The van der Waals surface area contributed by atoms with Gasteiger partial charge in [-0.1, -0.05) is 29.8 Å². The molecular weight excluding hydrogens is 302 g/mol. The van der Waals surface area contributed by atoms with Gasteiger partial charge in [-0.3, -0.25) is 4.90 Å². The molecule has 1 fully saturated rings. The van der Waals surface area contributed by atoms with E-state index in [1.54, 1.807) is 0 Å². The minimum atomic E-state index is -0.847. The Bertz CT molecular complexity index is 712. The highest BCUT2D eigenvalue weighted by atomic mass is 35.5. The number of fused-ring (bicyclic) bond motifs is 1. The van der Waals surface area contributed by atoms with Gasteiger partial charge in [-0.05, 0) is 18.6 Å². The smallest absolute Gasteiger partial charge is 0.407 e. The van der Waals surface area contributed by atoms with Gasteiger partial charge in [-0.15, -0.1) is 0 Å². The van der Waals surface area contributed by atoms with Crippen LogP contribution < -0.4 is 0 Å². The number of aryl methyl sites for hydroxylation is 1. The fourth-order valence-electron chi connectivity index (χ4n) is 2.82. The maximum Gasteiger partial charge on any atom is 0.407 e. The van der Waals surface area contributed by atoms with Crippen molar-refractivity contribution in [1.29, 1.82) is 0 Å². The number of hydrogen-bond acceptors (Lipinski definition) is 3. The average molecular weight is 320 g/mol. The lowest BCUT2D eigenvalue weighted by Gasteiger charge is -2.33. The van der Waals surface area contributed by atoms with Crippen LogP contribution in [0.15, 0.2) is 24.3 Å². The van der Waals surface area contributed by atoms with Gasteiger partial charge in [0.2, 0.25) is 0 Å². The first-order chi connectivity index (χ1) is 10.5. The van der Waals surface area contributed by atoms with E-state index in [1.165, 1.54) is 4.90 Å². The Kier molecular flexibility index (Phi) is 4.18. The van der Waals surface area contributed by atoms with Crippen molar-refractivity contribution in [3.63, 3.8) is 0 Å². The number of benzene rings is 1. The Labute approximate surface area is 134 Å². The summed E-state index contributed by atoms with van der Waals surface area (Å²) >= 11 is 6.33. The molecule has 1 aliphatic rings. The summed E-state index contributed by atoms with van der Waals surface area (Å²) in [4.78, 5) is 19.1. The minimum absolute atomic E-state index is 0.530. The molecule has 5 nitrogen and oxygen atoms in total. The van der Waals surface area contributed by atoms with Crippen molar-refractivity contribution < 1.29 is 9.90 Å². The monoisotopic (exact) mass is 319 g/mol. The summed E-state index contributed by atoms with van der Waals surface area (Å²) in [6.45, 7) is 5.22. The predicted octanol–water partition coefficient (Wildman–Crippen LogP) is 2.99. The minimum Gasteiger partial charge on any atom is -0.465 e. The van der Waals surface area contributed by atoms with Crippen LogP contribution in [0.25, 0.3) is 10.9 Å². The molecule has 1 aromatic carbocycles. The van der Waals surface area contributed by atoms with Crippen LogP contribution >= 0.6 is 11.6 Å². The molecule has 2 heterocycles. The summed E-state index contributed by atoms with van der Waals surface area (Å²) < 4.78 is 0. The Morgan fingerprint density at radius 3 is 2.73 bits per heavy atom. The zero-order chi connectivity index (χ0) is 15.7. The fraction of sp³-hybridized carbons (Fsp3) is 0.375. The van der Waals surface area contributed by atoms with Crippen molar-refractivity contribution in [1.82, 2.24) is 14.8 Å². The van der Waals surface area contributed by atoms with Gasteiger partial charge in [0, 0.05) is 43.7 Å². The molecule has 0 bridgehead atoms. The molecule has 0 unspecified atom stereocenters. The second-order valence-electron chi connectivity index (χ2n) is 5.63. The van der Waals surface area contributed by atoms with Crippen LogP contribution in [0.4, 0.5) is 4.79 Å². The van der Waals surface area contributed by atoms with E-state index >= 15 is 0 Å². The van der Waals surface area contributed by atoms with E-state index in [4.69, 9.17) is 16.7 Å². The molecule has 22 heavy (non-hydrogen) atoms. The van der Waals surface area contributed by atoms with Crippen LogP contribution in [0.2, 0.25) is 5.15 Å². The van der Waals surface area contributed by atoms with Crippen molar-refractivity contribution in [2.45, 2.75) is 13.5 Å². The molecule has 116 valence electrons. The lowest BCUT2D eigenvalue weighted by atomic mass is 10.1. The largest absolute Gasteiger partial charge is 0.465 e. The molecule has 0 saturated carbocycles. The molecule has 0 spiro atoms. The van der Waals surface area contributed by atoms with E-state index < -0.39 is 6.09 Å². The first kappa shape index (κ1) is 15.1. The maximum absolute atomic E-state index is 10.9. The van der Waals surface area contributed by atoms with Crippen LogP contribution in [0.1, 0.15) is 11.1 Å². The van der Waals surface area contributed by atoms with Crippen molar-refractivity contribution in [2.75, 3.05) is 26.2 Å². The van der Waals surface area contributed by atoms with Gasteiger partial charge in [-0.25, -0.2) is 9.78 Å². The Balaban J connectivity index is 1.77. The number of aromatic nitrogens is 1. The molecular formula is C16H18ClN3O2. The third kappa shape index (κ3) is 3.00. The van der Waals surface area contributed by atoms with Gasteiger partial charge in [0.25, 0.3) is 0 Å². The molecule has 0 radical (unpaired) electrons. The zero-order valence-corrected chi connectivity index (χ0v) is 13.2. The molecule has 0 atom stereocenters. The van der Waals surface area contributed by atoms with Crippen LogP contribution in [0, 0.1) is 6.92 Å². The highest BCUT2D eigenvalue weighted by molar-refractivity contribution is 6.30. The van der Waals surface area contributed by atoms with Gasteiger partial charge >= 0.3 is 6.09 Å². The fourth-order valence-corrected chi connectivity index (χ4v) is 3.02. The zero-order valence-electron chi connectivity index (χ0n) is 12.4. The number of piperazine rings is 1. The normalized spacial score (nSPS) is 16.2. The number of nitrogens with zero attached hydrogens (tertiary/aromatic N) is 3. The average Bonchev–Trinajstić information content (AvgIpc) is 2.50. The molecule has 1 saturated heterocycles. The number of hydrogen-bond donors (Lipinski definition) is 1. The number of para-hydroxylation sites is 1. The molecule has 6 heteroatoms. The van der Waals surface area contributed by atoms with Gasteiger partial charge in [0.05, 0.1) is 5.52 Å². The van der Waals surface area contributed by atoms with Crippen LogP contribution in [0.3, 0.4) is 0 Å². The number of carboxylic acid groups (broad SMARTS) is 1. The number of carbonyl (C=O) groups is 1. The van der Waals surface area contributed by atoms with Gasteiger partial charge in [-0.2, -0.15) is 0 Å². The lowest BCUT2D eigenvalue weighted by Crippen LogP contribution is -2.47. The molecule has 1 aromatic heterocycles. The summed E-state index contributed by atoms with van der Waals surface area (Å²) in [6.07, 6.45) is -0.847. The highest BCUT2D eigenvalue weighted by Crippen LogP contribution is 2.24. The second-order valence-corrected chi connectivity index (χ2v) is 5.99. The van der Waals surface area contributed by atoms with E-state index in [1.807, 2.05) is 25.1 Å². The molecule has 2 aromatic rings. The Morgan fingerprint density at radius 2 is 2.05 bits per heavy atom. The molecule has 1 N–H and O–H groups in total. The third-order valence-corrected chi connectivity index (χ3v) is 4.44. The van der Waals surface area contributed by atoms with E-state index in [0.717, 1.165) is 22.0 Å². The SMILES string of the molecule is Cc1cccc2cc(CN3CCN(C(=O)O)CC3)c(Cl)nc12. The van der Waals surface area contributed by atoms with Crippen LogP contribution in [0.5, 0.6) is 0 Å². The van der Waals surface area contributed by atoms with Crippen LogP contribution in [-0.2, 0) is 6.54 Å². The van der Waals surface area contributed by atoms with Crippen molar-refractivity contribution in [2.24, 2.45) is 0 Å². The van der Waals surface area contributed by atoms with Gasteiger partial charge in [0.1, 0.15) is 5.15 Å². The summed E-state index contributed by atoms with van der Waals surface area (Å²) in [7, 11) is 0. The number of pyridine rings is 1. The van der Waals surface area contributed by atoms with Gasteiger partial charge in [0.15, 0.2) is 0 Å².